The number of nitrogens with one attached hydrogen (secondary N) is 1. The molecule has 8 heteroatoms. The van der Waals surface area contributed by atoms with Gasteiger partial charge < -0.3 is 19.9 Å². The Balaban J connectivity index is 1.33. The summed E-state index contributed by atoms with van der Waals surface area (Å²) in [6, 6.07) is 11.0. The van der Waals surface area contributed by atoms with E-state index in [1.807, 2.05) is 29.2 Å². The largest absolute Gasteiger partial charge is 0.481 e. The number of piperazine rings is 1. The summed E-state index contributed by atoms with van der Waals surface area (Å²) in [5, 5.41) is 3.77. The zero-order valence-electron chi connectivity index (χ0n) is 17.6. The molecule has 1 aliphatic heterocycles. The Kier molecular flexibility index (Phi) is 6.61. The molecular weight excluding hydrogens is 416 g/mol. The van der Waals surface area contributed by atoms with Gasteiger partial charge in [0.05, 0.1) is 18.6 Å². The Morgan fingerprint density at radius 3 is 2.45 bits per heavy atom. The van der Waals surface area contributed by atoms with Gasteiger partial charge in [0.15, 0.2) is 0 Å². The number of benzene rings is 1. The highest BCUT2D eigenvalue weighted by molar-refractivity contribution is 6.30. The van der Waals surface area contributed by atoms with E-state index >= 15 is 0 Å². The van der Waals surface area contributed by atoms with Gasteiger partial charge in [0, 0.05) is 55.2 Å². The molecule has 2 aliphatic rings. The lowest BCUT2D eigenvalue weighted by Gasteiger charge is -2.38. The van der Waals surface area contributed by atoms with Crippen LogP contribution < -0.4 is 15.0 Å². The summed E-state index contributed by atoms with van der Waals surface area (Å²) in [4.78, 5) is 34.1. The lowest BCUT2D eigenvalue weighted by Crippen LogP contribution is -2.52. The quantitative estimate of drug-likeness (QED) is 0.770. The minimum atomic E-state index is -0.201. The lowest BCUT2D eigenvalue weighted by atomic mass is 10.0. The molecule has 1 aromatic heterocycles. The van der Waals surface area contributed by atoms with Crippen LogP contribution in [0.5, 0.6) is 5.88 Å². The molecule has 1 aromatic carbocycles. The minimum absolute atomic E-state index is 0.142. The van der Waals surface area contributed by atoms with Gasteiger partial charge in [-0.3, -0.25) is 9.59 Å². The second-order valence-corrected chi connectivity index (χ2v) is 8.43. The molecule has 0 bridgehead atoms. The number of methoxy groups -OCH3 is 1. The van der Waals surface area contributed by atoms with Crippen molar-refractivity contribution in [2.24, 2.45) is 5.92 Å². The first-order valence-electron chi connectivity index (χ1n) is 10.7. The van der Waals surface area contributed by atoms with Gasteiger partial charge in [-0.1, -0.05) is 18.0 Å². The van der Waals surface area contributed by atoms with Crippen molar-refractivity contribution in [2.75, 3.05) is 38.2 Å². The van der Waals surface area contributed by atoms with Gasteiger partial charge in [-0.15, -0.1) is 0 Å². The number of carbonyl (C=O) groups excluding carboxylic acids is 2. The monoisotopic (exact) mass is 442 g/mol. The molecule has 31 heavy (non-hydrogen) atoms. The van der Waals surface area contributed by atoms with Crippen molar-refractivity contribution >= 4 is 29.1 Å². The third kappa shape index (κ3) is 4.93. The molecule has 164 valence electrons. The molecule has 2 heterocycles. The number of hydrogen-bond donors (Lipinski definition) is 1. The zero-order chi connectivity index (χ0) is 21.8. The number of amides is 2. The van der Waals surface area contributed by atoms with Crippen LogP contribution in [0.4, 0.5) is 5.69 Å². The second-order valence-electron chi connectivity index (χ2n) is 8.00. The van der Waals surface area contributed by atoms with Gasteiger partial charge in [-0.2, -0.15) is 0 Å². The molecule has 0 unspecified atom stereocenters. The summed E-state index contributed by atoms with van der Waals surface area (Å²) < 4.78 is 5.04. The van der Waals surface area contributed by atoms with Gasteiger partial charge in [-0.05, 0) is 43.2 Å². The number of anilines is 1. The molecule has 2 aromatic rings. The van der Waals surface area contributed by atoms with Crippen molar-refractivity contribution in [1.82, 2.24) is 15.2 Å². The predicted molar refractivity (Wildman–Crippen MR) is 120 cm³/mol. The summed E-state index contributed by atoms with van der Waals surface area (Å²) in [6.45, 7) is 2.94. The van der Waals surface area contributed by atoms with Crippen LogP contribution in [-0.2, 0) is 4.79 Å². The Hall–Kier alpha value is -2.80. The summed E-state index contributed by atoms with van der Waals surface area (Å²) >= 11 is 5.98. The van der Waals surface area contributed by atoms with E-state index in [1.165, 1.54) is 13.3 Å². The molecule has 1 N–H and O–H groups in total. The molecule has 1 saturated heterocycles. The van der Waals surface area contributed by atoms with Gasteiger partial charge >= 0.3 is 0 Å². The zero-order valence-corrected chi connectivity index (χ0v) is 18.3. The number of rotatable bonds is 5. The molecule has 4 rings (SSSR count). The first-order chi connectivity index (χ1) is 15.0. The van der Waals surface area contributed by atoms with E-state index in [2.05, 4.69) is 15.2 Å². The number of hydrogen-bond acceptors (Lipinski definition) is 5. The smallest absolute Gasteiger partial charge is 0.253 e. The van der Waals surface area contributed by atoms with E-state index in [1.54, 1.807) is 12.1 Å². The Morgan fingerprint density at radius 2 is 1.81 bits per heavy atom. The van der Waals surface area contributed by atoms with Crippen LogP contribution >= 0.6 is 11.6 Å². The molecule has 1 aliphatic carbocycles. The Bertz CT molecular complexity index is 911. The molecule has 0 spiro atoms. The average molecular weight is 443 g/mol. The second kappa shape index (κ2) is 9.56. The summed E-state index contributed by atoms with van der Waals surface area (Å²) in [5.74, 6) is 0.235. The van der Waals surface area contributed by atoms with Crippen LogP contribution in [0, 0.1) is 5.92 Å². The van der Waals surface area contributed by atoms with Crippen molar-refractivity contribution in [3.05, 3.63) is 53.2 Å². The fourth-order valence-electron chi connectivity index (χ4n) is 4.39. The maximum Gasteiger partial charge on any atom is 0.253 e. The van der Waals surface area contributed by atoms with Crippen LogP contribution in [0.15, 0.2) is 42.6 Å². The molecular formula is C23H27ClN4O3. The van der Waals surface area contributed by atoms with Crippen LogP contribution in [0.1, 0.15) is 29.6 Å². The Labute approximate surface area is 187 Å². The number of aromatic nitrogens is 1. The van der Waals surface area contributed by atoms with Crippen LogP contribution in [0.2, 0.25) is 5.02 Å². The van der Waals surface area contributed by atoms with E-state index in [4.69, 9.17) is 16.3 Å². The average Bonchev–Trinajstić information content (AvgIpc) is 3.27. The van der Waals surface area contributed by atoms with E-state index in [0.29, 0.717) is 24.5 Å². The van der Waals surface area contributed by atoms with Crippen LogP contribution in [0.25, 0.3) is 0 Å². The number of carbonyl (C=O) groups is 2. The van der Waals surface area contributed by atoms with Crippen molar-refractivity contribution in [1.29, 1.82) is 0 Å². The standard InChI is InChI=1S/C23H27ClN4O3/c1-31-21-10-5-16(15-25-21)22(29)26-20-4-2-3-19(20)23(30)28-13-11-27(12-14-28)18-8-6-17(24)7-9-18/h5-10,15,19-20H,2-4,11-14H2,1H3,(H,26,29)/t19-,20+/m0/s1. The lowest BCUT2D eigenvalue weighted by molar-refractivity contribution is -0.136. The molecule has 2 fully saturated rings. The van der Waals surface area contributed by atoms with Crippen LogP contribution in [-0.4, -0.2) is 61.0 Å². The summed E-state index contributed by atoms with van der Waals surface area (Å²) in [6.07, 6.45) is 4.06. The molecule has 2 amide bonds. The summed E-state index contributed by atoms with van der Waals surface area (Å²) in [7, 11) is 1.53. The SMILES string of the molecule is COc1ccc(C(=O)N[C@@H]2CCC[C@@H]2C(=O)N2CCN(c3ccc(Cl)cc3)CC2)cn1. The number of ether oxygens (including phenoxy) is 1. The highest BCUT2D eigenvalue weighted by Gasteiger charge is 2.37. The van der Waals surface area contributed by atoms with E-state index < -0.39 is 0 Å². The maximum atomic E-state index is 13.2. The third-order valence-electron chi connectivity index (χ3n) is 6.14. The van der Waals surface area contributed by atoms with Gasteiger partial charge in [0.25, 0.3) is 5.91 Å². The number of pyridine rings is 1. The molecule has 0 radical (unpaired) electrons. The third-order valence-corrected chi connectivity index (χ3v) is 6.39. The molecule has 1 saturated carbocycles. The topological polar surface area (TPSA) is 74.8 Å². The fourth-order valence-corrected chi connectivity index (χ4v) is 4.51. The minimum Gasteiger partial charge on any atom is -0.481 e. The van der Waals surface area contributed by atoms with Crippen molar-refractivity contribution in [3.63, 3.8) is 0 Å². The predicted octanol–water partition coefficient (Wildman–Crippen LogP) is 2.99. The normalized spacial score (nSPS) is 21.1. The number of halogens is 1. The van der Waals surface area contributed by atoms with Crippen LogP contribution in [0.3, 0.4) is 0 Å². The maximum absolute atomic E-state index is 13.2. The first-order valence-corrected chi connectivity index (χ1v) is 11.0. The van der Waals surface area contributed by atoms with Crippen molar-refractivity contribution < 1.29 is 14.3 Å². The van der Waals surface area contributed by atoms with Gasteiger partial charge in [0.2, 0.25) is 11.8 Å². The summed E-state index contributed by atoms with van der Waals surface area (Å²) in [5.41, 5.74) is 1.59. The highest BCUT2D eigenvalue weighted by atomic mass is 35.5. The molecule has 2 atom stereocenters. The highest BCUT2D eigenvalue weighted by Crippen LogP contribution is 2.29. The molecule has 7 nitrogen and oxygen atoms in total. The fraction of sp³-hybridized carbons (Fsp3) is 0.435. The van der Waals surface area contributed by atoms with E-state index in [-0.39, 0.29) is 23.8 Å². The van der Waals surface area contributed by atoms with Crippen molar-refractivity contribution in [2.45, 2.75) is 25.3 Å². The van der Waals surface area contributed by atoms with E-state index in [9.17, 15) is 9.59 Å². The van der Waals surface area contributed by atoms with E-state index in [0.717, 1.165) is 43.1 Å². The number of nitrogens with zero attached hydrogens (tertiary/aromatic N) is 3. The Morgan fingerprint density at radius 1 is 1.06 bits per heavy atom. The van der Waals surface area contributed by atoms with Gasteiger partial charge in [-0.25, -0.2) is 4.98 Å². The van der Waals surface area contributed by atoms with Gasteiger partial charge in [0.1, 0.15) is 0 Å². The van der Waals surface area contributed by atoms with Crippen molar-refractivity contribution in [3.8, 4) is 5.88 Å². The first kappa shape index (κ1) is 21.4.